The molecule has 3 N–H and O–H groups in total. The van der Waals surface area contributed by atoms with Crippen LogP contribution in [-0.2, 0) is 25.5 Å². The number of anilines is 1. The Labute approximate surface area is 236 Å². The molecule has 2 aromatic carbocycles. The molecule has 3 amide bonds. The predicted octanol–water partition coefficient (Wildman–Crippen LogP) is 3.55. The number of rotatable bonds is 11. The van der Waals surface area contributed by atoms with Crippen molar-refractivity contribution in [1.82, 2.24) is 10.2 Å². The van der Waals surface area contributed by atoms with Crippen molar-refractivity contribution in [2.75, 3.05) is 18.5 Å². The average molecular weight is 548 g/mol. The monoisotopic (exact) mass is 547 g/mol. The van der Waals surface area contributed by atoms with Crippen LogP contribution in [0.3, 0.4) is 0 Å². The van der Waals surface area contributed by atoms with Crippen LogP contribution in [-0.4, -0.2) is 64.2 Å². The van der Waals surface area contributed by atoms with Crippen LogP contribution < -0.4 is 10.6 Å². The van der Waals surface area contributed by atoms with Crippen LogP contribution in [0.15, 0.2) is 60.7 Å². The number of hydrogen-bond donors (Lipinski definition) is 3. The fourth-order valence-electron chi connectivity index (χ4n) is 7.33. The highest BCUT2D eigenvalue weighted by Gasteiger charge is 2.80. The lowest BCUT2D eigenvalue weighted by atomic mass is 9.62. The van der Waals surface area contributed by atoms with Gasteiger partial charge in [0.1, 0.15) is 11.6 Å². The molecule has 5 rings (SSSR count). The molecule has 0 saturated carbocycles. The number of aliphatic hydroxyl groups is 1. The number of para-hydroxylation sites is 1. The Morgan fingerprint density at radius 2 is 1.75 bits per heavy atom. The average Bonchev–Trinajstić information content (AvgIpc) is 3.47. The van der Waals surface area contributed by atoms with Crippen LogP contribution in [0.4, 0.5) is 5.69 Å². The maximum atomic E-state index is 14.4. The zero-order chi connectivity index (χ0) is 28.5. The number of benzene rings is 2. The minimum atomic E-state index is -1.15. The normalized spacial score (nSPS) is 31.2. The summed E-state index contributed by atoms with van der Waals surface area (Å²) in [5.74, 6) is -2.52. The van der Waals surface area contributed by atoms with E-state index in [1.54, 1.807) is 4.90 Å². The number of ether oxygens (including phenoxy) is 1. The van der Waals surface area contributed by atoms with E-state index in [1.165, 1.54) is 0 Å². The highest BCUT2D eigenvalue weighted by atomic mass is 16.5. The number of fused-ring (bicyclic) bond motifs is 1. The third-order valence-electron chi connectivity index (χ3n) is 9.32. The standard InChI is InChI=1S/C32H41N3O5/c1-4-5-12-17-33-29(38)27-32-19-21(2)31(3,40-32)25(28(37)34-23-15-10-7-11-16-23)26(32)30(39)35(27)24(20-36)18-22-13-8-6-9-14-22/h6-11,13-16,21,24-27,36H,4-5,12,17-20H2,1-3H3,(H,33,38)(H,34,37)/t21?,24-,25-,26+,27?,31+,32?/m1/s1. The number of likely N-dealkylation sites (tertiary alicyclic amines) is 1. The Kier molecular flexibility index (Phi) is 8.02. The highest BCUT2D eigenvalue weighted by molar-refractivity contribution is 6.02. The molecule has 2 aromatic rings. The molecule has 0 aromatic heterocycles. The topological polar surface area (TPSA) is 108 Å². The number of aliphatic hydroxyl groups excluding tert-OH is 1. The summed E-state index contributed by atoms with van der Waals surface area (Å²) in [7, 11) is 0. The van der Waals surface area contributed by atoms with Gasteiger partial charge in [-0.15, -0.1) is 0 Å². The first-order chi connectivity index (χ1) is 19.3. The Hall–Kier alpha value is -3.23. The number of nitrogens with one attached hydrogen (secondary N) is 2. The number of amides is 3. The Balaban J connectivity index is 1.53. The zero-order valence-corrected chi connectivity index (χ0v) is 23.6. The second-order valence-electron chi connectivity index (χ2n) is 11.8. The molecular weight excluding hydrogens is 506 g/mol. The number of nitrogens with zero attached hydrogens (tertiary/aromatic N) is 1. The van der Waals surface area contributed by atoms with Gasteiger partial charge in [0, 0.05) is 12.2 Å². The van der Waals surface area contributed by atoms with Gasteiger partial charge in [-0.05, 0) is 49.8 Å². The van der Waals surface area contributed by atoms with Gasteiger partial charge in [0.05, 0.1) is 30.1 Å². The molecule has 2 bridgehead atoms. The van der Waals surface area contributed by atoms with Crippen LogP contribution in [0.25, 0.3) is 0 Å². The van der Waals surface area contributed by atoms with E-state index in [9.17, 15) is 19.5 Å². The van der Waals surface area contributed by atoms with Gasteiger partial charge in [-0.25, -0.2) is 0 Å². The summed E-state index contributed by atoms with van der Waals surface area (Å²) in [6.07, 6.45) is 3.73. The van der Waals surface area contributed by atoms with E-state index in [1.807, 2.05) is 74.5 Å². The maximum absolute atomic E-state index is 14.4. The molecule has 214 valence electrons. The second-order valence-corrected chi connectivity index (χ2v) is 11.8. The summed E-state index contributed by atoms with van der Waals surface area (Å²) in [6, 6.07) is 17.2. The Bertz CT molecular complexity index is 1220. The first kappa shape index (κ1) is 28.3. The van der Waals surface area contributed by atoms with E-state index >= 15 is 0 Å². The van der Waals surface area contributed by atoms with Gasteiger partial charge in [0.25, 0.3) is 0 Å². The van der Waals surface area contributed by atoms with Gasteiger partial charge >= 0.3 is 0 Å². The molecule has 3 saturated heterocycles. The van der Waals surface area contributed by atoms with Gasteiger partial charge in [-0.1, -0.05) is 75.2 Å². The van der Waals surface area contributed by atoms with Crippen molar-refractivity contribution in [2.24, 2.45) is 17.8 Å². The van der Waals surface area contributed by atoms with Crippen LogP contribution in [0.1, 0.15) is 52.0 Å². The van der Waals surface area contributed by atoms with Crippen molar-refractivity contribution in [3.8, 4) is 0 Å². The van der Waals surface area contributed by atoms with Gasteiger partial charge in [0.15, 0.2) is 0 Å². The third-order valence-corrected chi connectivity index (χ3v) is 9.32. The van der Waals surface area contributed by atoms with Crippen LogP contribution in [0.2, 0.25) is 0 Å². The smallest absolute Gasteiger partial charge is 0.245 e. The number of unbranched alkanes of at least 4 members (excludes halogenated alkanes) is 2. The van der Waals surface area contributed by atoms with Gasteiger partial charge in [-0.3, -0.25) is 14.4 Å². The van der Waals surface area contributed by atoms with Crippen molar-refractivity contribution in [3.05, 3.63) is 66.2 Å². The van der Waals surface area contributed by atoms with Crippen molar-refractivity contribution >= 4 is 23.4 Å². The number of hydrogen-bond acceptors (Lipinski definition) is 5. The molecule has 0 aliphatic carbocycles. The lowest BCUT2D eigenvalue weighted by molar-refractivity contribution is -0.149. The lowest BCUT2D eigenvalue weighted by Gasteiger charge is -2.37. The first-order valence-electron chi connectivity index (χ1n) is 14.6. The second kappa shape index (κ2) is 11.3. The highest BCUT2D eigenvalue weighted by Crippen LogP contribution is 2.65. The van der Waals surface area contributed by atoms with Crippen LogP contribution in [0.5, 0.6) is 0 Å². The Morgan fingerprint density at radius 3 is 2.40 bits per heavy atom. The molecule has 3 fully saturated rings. The molecule has 3 aliphatic heterocycles. The summed E-state index contributed by atoms with van der Waals surface area (Å²) in [5, 5.41) is 16.6. The summed E-state index contributed by atoms with van der Waals surface area (Å²) in [4.78, 5) is 43.9. The van der Waals surface area contributed by atoms with Crippen LogP contribution in [0, 0.1) is 17.8 Å². The molecule has 0 radical (unpaired) electrons. The number of carbonyl (C=O) groups is 3. The lowest BCUT2D eigenvalue weighted by Crippen LogP contribution is -2.58. The van der Waals surface area contributed by atoms with Crippen molar-refractivity contribution in [3.63, 3.8) is 0 Å². The SMILES string of the molecule is CCCCCNC(=O)C1N([C@@H](CO)Cc2ccccc2)C(=O)[C@@H]2[C@H](C(=O)Nc3ccccc3)[C@@]3(C)OC12CC3C. The van der Waals surface area contributed by atoms with E-state index in [0.717, 1.165) is 24.8 Å². The minimum Gasteiger partial charge on any atom is -0.394 e. The molecule has 3 unspecified atom stereocenters. The molecule has 8 heteroatoms. The summed E-state index contributed by atoms with van der Waals surface area (Å²) >= 11 is 0. The van der Waals surface area contributed by atoms with E-state index < -0.39 is 35.1 Å². The van der Waals surface area contributed by atoms with Gasteiger partial charge in [0.2, 0.25) is 17.7 Å². The molecule has 3 heterocycles. The molecule has 7 atom stereocenters. The van der Waals surface area contributed by atoms with Crippen LogP contribution >= 0.6 is 0 Å². The third kappa shape index (κ3) is 4.71. The van der Waals surface area contributed by atoms with E-state index in [-0.39, 0.29) is 30.2 Å². The largest absolute Gasteiger partial charge is 0.394 e. The quantitative estimate of drug-likeness (QED) is 0.373. The van der Waals surface area contributed by atoms with E-state index in [0.29, 0.717) is 25.1 Å². The van der Waals surface area contributed by atoms with E-state index in [2.05, 4.69) is 17.6 Å². The molecule has 3 aliphatic rings. The molecule has 8 nitrogen and oxygen atoms in total. The number of carbonyl (C=O) groups excluding carboxylic acids is 3. The summed E-state index contributed by atoms with van der Waals surface area (Å²) in [5.41, 5.74) is -0.455. The summed E-state index contributed by atoms with van der Waals surface area (Å²) < 4.78 is 6.80. The molecular formula is C32H41N3O5. The predicted molar refractivity (Wildman–Crippen MR) is 152 cm³/mol. The summed E-state index contributed by atoms with van der Waals surface area (Å²) in [6.45, 7) is 6.23. The fourth-order valence-corrected chi connectivity index (χ4v) is 7.33. The zero-order valence-electron chi connectivity index (χ0n) is 23.6. The minimum absolute atomic E-state index is 0.0554. The van der Waals surface area contributed by atoms with Crippen molar-refractivity contribution in [2.45, 2.75) is 76.2 Å². The fraction of sp³-hybridized carbons (Fsp3) is 0.531. The van der Waals surface area contributed by atoms with E-state index in [4.69, 9.17) is 4.74 Å². The Morgan fingerprint density at radius 1 is 1.07 bits per heavy atom. The molecule has 1 spiro atoms. The van der Waals surface area contributed by atoms with Crippen molar-refractivity contribution < 1.29 is 24.2 Å². The molecule has 40 heavy (non-hydrogen) atoms. The van der Waals surface area contributed by atoms with Crippen molar-refractivity contribution in [1.29, 1.82) is 0 Å². The van der Waals surface area contributed by atoms with Gasteiger partial charge < -0.3 is 25.4 Å². The van der Waals surface area contributed by atoms with Gasteiger partial charge in [-0.2, -0.15) is 0 Å². The first-order valence-corrected chi connectivity index (χ1v) is 14.6. The maximum Gasteiger partial charge on any atom is 0.245 e.